The lowest BCUT2D eigenvalue weighted by Crippen LogP contribution is -2.23. The normalized spacial score (nSPS) is 16.2. The van der Waals surface area contributed by atoms with Crippen molar-refractivity contribution in [2.75, 3.05) is 20.1 Å². The Morgan fingerprint density at radius 1 is 1.00 bits per heavy atom. The Morgan fingerprint density at radius 3 is 2.47 bits per heavy atom. The molecular formula is C17H18N2. The van der Waals surface area contributed by atoms with E-state index in [-0.39, 0.29) is 0 Å². The number of benzene rings is 1. The van der Waals surface area contributed by atoms with Crippen LogP contribution in [-0.4, -0.2) is 30.0 Å². The topological polar surface area (TPSA) is 16.1 Å². The zero-order valence-corrected chi connectivity index (χ0v) is 11.2. The van der Waals surface area contributed by atoms with Crippen LogP contribution in [0.15, 0.2) is 54.7 Å². The molecule has 2 nitrogen and oxygen atoms in total. The molecule has 1 aromatic heterocycles. The van der Waals surface area contributed by atoms with Crippen LogP contribution in [0.4, 0.5) is 0 Å². The molecule has 0 radical (unpaired) electrons. The van der Waals surface area contributed by atoms with Crippen LogP contribution in [0.5, 0.6) is 0 Å². The van der Waals surface area contributed by atoms with Crippen LogP contribution in [0.2, 0.25) is 0 Å². The summed E-state index contributed by atoms with van der Waals surface area (Å²) in [6.07, 6.45) is 5.35. The highest BCUT2D eigenvalue weighted by atomic mass is 15.1. The van der Waals surface area contributed by atoms with E-state index in [9.17, 15) is 0 Å². The fraction of sp³-hybridized carbons (Fsp3) is 0.235. The van der Waals surface area contributed by atoms with Crippen LogP contribution >= 0.6 is 0 Å². The van der Waals surface area contributed by atoms with Gasteiger partial charge in [0.1, 0.15) is 0 Å². The number of hydrogen-bond donors (Lipinski definition) is 0. The van der Waals surface area contributed by atoms with Crippen molar-refractivity contribution in [1.29, 1.82) is 0 Å². The first kappa shape index (κ1) is 12.1. The highest BCUT2D eigenvalue weighted by Gasteiger charge is 2.10. The van der Waals surface area contributed by atoms with E-state index in [0.717, 1.165) is 25.2 Å². The van der Waals surface area contributed by atoms with Crippen LogP contribution in [0, 0.1) is 0 Å². The average Bonchev–Trinajstić information content (AvgIpc) is 2.49. The first-order valence-corrected chi connectivity index (χ1v) is 6.72. The maximum absolute atomic E-state index is 4.62. The van der Waals surface area contributed by atoms with Gasteiger partial charge in [0.05, 0.1) is 5.69 Å². The van der Waals surface area contributed by atoms with Gasteiger partial charge in [-0.05, 0) is 30.7 Å². The minimum absolute atomic E-state index is 1.03. The summed E-state index contributed by atoms with van der Waals surface area (Å²) < 4.78 is 0. The van der Waals surface area contributed by atoms with Crippen molar-refractivity contribution in [3.63, 3.8) is 0 Å². The molecule has 96 valence electrons. The summed E-state index contributed by atoms with van der Waals surface area (Å²) in [5, 5.41) is 0. The molecule has 2 aromatic rings. The van der Waals surface area contributed by atoms with E-state index in [2.05, 4.69) is 59.4 Å². The highest BCUT2D eigenvalue weighted by Crippen LogP contribution is 2.23. The minimum Gasteiger partial charge on any atom is -0.302 e. The predicted octanol–water partition coefficient (Wildman–Crippen LogP) is 3.47. The lowest BCUT2D eigenvalue weighted by atomic mass is 10.0. The number of hydrogen-bond acceptors (Lipinski definition) is 2. The van der Waals surface area contributed by atoms with E-state index in [4.69, 9.17) is 0 Å². The quantitative estimate of drug-likeness (QED) is 0.811. The minimum atomic E-state index is 1.03. The maximum Gasteiger partial charge on any atom is 0.0659 e. The van der Waals surface area contributed by atoms with E-state index in [1.54, 1.807) is 0 Å². The second kappa shape index (κ2) is 5.37. The molecule has 2 heterocycles. The summed E-state index contributed by atoms with van der Waals surface area (Å²) >= 11 is 0. The van der Waals surface area contributed by atoms with Crippen molar-refractivity contribution in [2.24, 2.45) is 0 Å². The van der Waals surface area contributed by atoms with Gasteiger partial charge >= 0.3 is 0 Å². The summed E-state index contributed by atoms with van der Waals surface area (Å²) in [7, 11) is 2.15. The summed E-state index contributed by atoms with van der Waals surface area (Å²) in [6, 6.07) is 14.7. The maximum atomic E-state index is 4.62. The van der Waals surface area contributed by atoms with E-state index in [0.29, 0.717) is 0 Å². The van der Waals surface area contributed by atoms with Gasteiger partial charge in [-0.25, -0.2) is 0 Å². The van der Waals surface area contributed by atoms with Crippen LogP contribution < -0.4 is 0 Å². The third-order valence-corrected chi connectivity index (χ3v) is 3.61. The Hall–Kier alpha value is -1.93. The van der Waals surface area contributed by atoms with Crippen molar-refractivity contribution in [2.45, 2.75) is 6.42 Å². The van der Waals surface area contributed by atoms with E-state index in [1.807, 2.05) is 12.3 Å². The number of rotatable bonds is 2. The van der Waals surface area contributed by atoms with Crippen LogP contribution in [0.25, 0.3) is 16.7 Å². The van der Waals surface area contributed by atoms with Gasteiger partial charge in [0, 0.05) is 24.8 Å². The molecular weight excluding hydrogens is 232 g/mol. The Kier molecular flexibility index (Phi) is 3.43. The highest BCUT2D eigenvalue weighted by molar-refractivity contribution is 5.67. The van der Waals surface area contributed by atoms with Crippen molar-refractivity contribution < 1.29 is 0 Å². The molecule has 1 aliphatic rings. The van der Waals surface area contributed by atoms with Gasteiger partial charge in [0.2, 0.25) is 0 Å². The van der Waals surface area contributed by atoms with Crippen molar-refractivity contribution in [3.8, 4) is 11.1 Å². The summed E-state index contributed by atoms with van der Waals surface area (Å²) in [5.74, 6) is 0. The van der Waals surface area contributed by atoms with Crippen molar-refractivity contribution in [1.82, 2.24) is 9.88 Å². The number of aromatic nitrogens is 1. The molecule has 0 aliphatic carbocycles. The fourth-order valence-corrected chi connectivity index (χ4v) is 2.39. The second-order valence-electron chi connectivity index (χ2n) is 5.04. The number of pyridine rings is 1. The molecule has 0 unspecified atom stereocenters. The predicted molar refractivity (Wildman–Crippen MR) is 79.8 cm³/mol. The lowest BCUT2D eigenvalue weighted by Gasteiger charge is -2.21. The average molecular weight is 250 g/mol. The SMILES string of the molecule is CN1CC=C(c2ccc(-c3ccccc3)cn2)CC1. The van der Waals surface area contributed by atoms with Gasteiger partial charge in [-0.2, -0.15) is 0 Å². The van der Waals surface area contributed by atoms with E-state index < -0.39 is 0 Å². The first-order valence-electron chi connectivity index (χ1n) is 6.72. The second-order valence-corrected chi connectivity index (χ2v) is 5.04. The molecule has 0 atom stereocenters. The standard InChI is InChI=1S/C17H18N2/c1-19-11-9-15(10-12-19)17-8-7-16(13-18-17)14-5-3-2-4-6-14/h2-9,13H,10-12H2,1H3. The Balaban J connectivity index is 1.84. The molecule has 2 heteroatoms. The molecule has 0 N–H and O–H groups in total. The Labute approximate surface area is 114 Å². The molecule has 1 aliphatic heterocycles. The van der Waals surface area contributed by atoms with Crippen LogP contribution in [0.3, 0.4) is 0 Å². The fourth-order valence-electron chi connectivity index (χ4n) is 2.39. The monoisotopic (exact) mass is 250 g/mol. The molecule has 19 heavy (non-hydrogen) atoms. The molecule has 1 aromatic carbocycles. The van der Waals surface area contributed by atoms with Gasteiger partial charge in [-0.1, -0.05) is 42.5 Å². The Bertz CT molecular complexity index is 570. The van der Waals surface area contributed by atoms with Gasteiger partial charge < -0.3 is 4.90 Å². The van der Waals surface area contributed by atoms with E-state index >= 15 is 0 Å². The lowest BCUT2D eigenvalue weighted by molar-refractivity contribution is 0.370. The van der Waals surface area contributed by atoms with Crippen molar-refractivity contribution >= 4 is 5.57 Å². The van der Waals surface area contributed by atoms with Gasteiger partial charge in [-0.15, -0.1) is 0 Å². The zero-order valence-electron chi connectivity index (χ0n) is 11.2. The molecule has 3 rings (SSSR count). The molecule has 0 saturated heterocycles. The molecule has 0 saturated carbocycles. The molecule has 0 spiro atoms. The van der Waals surface area contributed by atoms with Crippen LogP contribution in [0.1, 0.15) is 12.1 Å². The summed E-state index contributed by atoms with van der Waals surface area (Å²) in [5.41, 5.74) is 4.89. The number of nitrogens with zero attached hydrogens (tertiary/aromatic N) is 2. The molecule has 0 fully saturated rings. The summed E-state index contributed by atoms with van der Waals surface area (Å²) in [4.78, 5) is 6.94. The largest absolute Gasteiger partial charge is 0.302 e. The van der Waals surface area contributed by atoms with E-state index in [1.165, 1.54) is 16.7 Å². The third kappa shape index (κ3) is 2.74. The third-order valence-electron chi connectivity index (χ3n) is 3.61. The molecule has 0 bridgehead atoms. The Morgan fingerprint density at radius 2 is 1.84 bits per heavy atom. The first-order chi connectivity index (χ1) is 9.33. The number of likely N-dealkylation sites (N-methyl/N-ethyl adjacent to an activating group) is 1. The van der Waals surface area contributed by atoms with Gasteiger partial charge in [-0.3, -0.25) is 4.98 Å². The van der Waals surface area contributed by atoms with Crippen LogP contribution in [-0.2, 0) is 0 Å². The zero-order chi connectivity index (χ0) is 13.1. The van der Waals surface area contributed by atoms with Gasteiger partial charge in [0.25, 0.3) is 0 Å². The molecule has 0 amide bonds. The summed E-state index contributed by atoms with van der Waals surface area (Å²) in [6.45, 7) is 2.14. The van der Waals surface area contributed by atoms with Crippen molar-refractivity contribution in [3.05, 3.63) is 60.4 Å². The van der Waals surface area contributed by atoms with Gasteiger partial charge in [0.15, 0.2) is 0 Å². The smallest absolute Gasteiger partial charge is 0.0659 e.